The number of carboxylic acids is 1. The second kappa shape index (κ2) is 8.84. The summed E-state index contributed by atoms with van der Waals surface area (Å²) in [6, 6.07) is 14.4. The molecule has 0 aliphatic rings. The maximum atomic E-state index is 12.4. The van der Waals surface area contributed by atoms with Crippen LogP contribution >= 0.6 is 22.6 Å². The number of carbonyl (C=O) groups excluding carboxylic acids is 2. The van der Waals surface area contributed by atoms with Crippen LogP contribution in [-0.4, -0.2) is 19.0 Å². The molecule has 5 nitrogen and oxygen atoms in total. The van der Waals surface area contributed by atoms with E-state index in [-0.39, 0.29) is 12.3 Å². The van der Waals surface area contributed by atoms with Gasteiger partial charge in [-0.15, -0.1) is 0 Å². The molecule has 0 aromatic heterocycles. The minimum atomic E-state index is -1.24. The van der Waals surface area contributed by atoms with E-state index < -0.39 is 17.8 Å². The molecule has 0 aliphatic heterocycles. The number of amides is 1. The molecule has 2 aromatic rings. The summed E-state index contributed by atoms with van der Waals surface area (Å²) in [4.78, 5) is 24.0. The average Bonchev–Trinajstić information content (AvgIpc) is 2.61. The Bertz CT molecular complexity index is 728. The second-order valence-electron chi connectivity index (χ2n) is 5.76. The highest BCUT2D eigenvalue weighted by Crippen LogP contribution is 2.21. The minimum absolute atomic E-state index is 0.216. The zero-order valence-electron chi connectivity index (χ0n) is 14.0. The van der Waals surface area contributed by atoms with Gasteiger partial charge < -0.3 is 20.0 Å². The largest absolute Gasteiger partial charge is 0.550 e. The van der Waals surface area contributed by atoms with Gasteiger partial charge in [0, 0.05) is 27.1 Å². The average molecular weight is 452 g/mol. The Morgan fingerprint density at radius 1 is 1.12 bits per heavy atom. The van der Waals surface area contributed by atoms with Crippen molar-refractivity contribution in [2.24, 2.45) is 11.8 Å². The molecule has 0 fully saturated rings. The van der Waals surface area contributed by atoms with Gasteiger partial charge in [0.25, 0.3) is 0 Å². The molecule has 132 valence electrons. The quantitative estimate of drug-likeness (QED) is 0.655. The number of ether oxygens (including phenoxy) is 1. The van der Waals surface area contributed by atoms with Crippen molar-refractivity contribution in [2.45, 2.75) is 13.3 Å². The molecule has 6 heteroatoms. The van der Waals surface area contributed by atoms with Crippen LogP contribution in [0.25, 0.3) is 0 Å². The van der Waals surface area contributed by atoms with E-state index in [1.54, 1.807) is 50.4 Å². The van der Waals surface area contributed by atoms with Gasteiger partial charge in [-0.25, -0.2) is 0 Å². The van der Waals surface area contributed by atoms with Crippen molar-refractivity contribution < 1.29 is 19.4 Å². The summed E-state index contributed by atoms with van der Waals surface area (Å²) in [5.41, 5.74) is 1.45. The Morgan fingerprint density at radius 3 is 2.24 bits per heavy atom. The van der Waals surface area contributed by atoms with E-state index in [9.17, 15) is 14.7 Å². The van der Waals surface area contributed by atoms with Gasteiger partial charge in [-0.1, -0.05) is 19.1 Å². The molecule has 0 bridgehead atoms. The van der Waals surface area contributed by atoms with Crippen molar-refractivity contribution in [2.75, 3.05) is 12.4 Å². The molecule has 0 spiro atoms. The van der Waals surface area contributed by atoms with Crippen LogP contribution in [0.5, 0.6) is 5.75 Å². The zero-order chi connectivity index (χ0) is 18.4. The molecule has 2 atom stereocenters. The van der Waals surface area contributed by atoms with Crippen molar-refractivity contribution >= 4 is 40.2 Å². The summed E-state index contributed by atoms with van der Waals surface area (Å²) in [5, 5.41) is 14.3. The summed E-state index contributed by atoms with van der Waals surface area (Å²) in [6.45, 7) is 1.60. The second-order valence-corrected chi connectivity index (χ2v) is 7.01. The summed E-state index contributed by atoms with van der Waals surface area (Å²) >= 11 is 2.17. The standard InChI is InChI=1S/C19H20INO4/c1-12(18(22)21-15-7-5-14(20)6-8-15)17(19(23)24)11-13-3-9-16(25-2)10-4-13/h3-10,12,17H,11H2,1-2H3,(H,21,22)(H,23,24)/p-1/t12-,17+/m0/s1. The van der Waals surface area contributed by atoms with Crippen LogP contribution in [0.3, 0.4) is 0 Å². The van der Waals surface area contributed by atoms with E-state index in [0.717, 1.165) is 9.13 Å². The van der Waals surface area contributed by atoms with Crippen molar-refractivity contribution in [3.63, 3.8) is 0 Å². The van der Waals surface area contributed by atoms with Crippen molar-refractivity contribution in [1.82, 2.24) is 0 Å². The molecule has 0 unspecified atom stereocenters. The first kappa shape index (κ1) is 19.2. The smallest absolute Gasteiger partial charge is 0.227 e. The molecule has 2 aromatic carbocycles. The van der Waals surface area contributed by atoms with Crippen LogP contribution < -0.4 is 15.2 Å². The summed E-state index contributed by atoms with van der Waals surface area (Å²) < 4.78 is 6.14. The number of hydrogen-bond donors (Lipinski definition) is 1. The van der Waals surface area contributed by atoms with Gasteiger partial charge in [0.2, 0.25) is 5.91 Å². The SMILES string of the molecule is COc1ccc(C[C@@H](C(=O)[O-])[C@H](C)C(=O)Nc2ccc(I)cc2)cc1. The van der Waals surface area contributed by atoms with Gasteiger partial charge in [0.15, 0.2) is 0 Å². The Hall–Kier alpha value is -2.09. The number of methoxy groups -OCH3 is 1. The van der Waals surface area contributed by atoms with Crippen molar-refractivity contribution in [3.05, 3.63) is 57.7 Å². The lowest BCUT2D eigenvalue weighted by atomic mass is 9.87. The normalized spacial score (nSPS) is 12.9. The molecule has 1 amide bonds. The summed E-state index contributed by atoms with van der Waals surface area (Å²) in [7, 11) is 1.57. The van der Waals surface area contributed by atoms with E-state index in [2.05, 4.69) is 27.9 Å². The van der Waals surface area contributed by atoms with E-state index >= 15 is 0 Å². The summed E-state index contributed by atoms with van der Waals surface area (Å²) in [5.74, 6) is -2.54. The third-order valence-corrected chi connectivity index (χ3v) is 4.77. The molecule has 1 N–H and O–H groups in total. The number of halogens is 1. The lowest BCUT2D eigenvalue weighted by molar-refractivity contribution is -0.312. The van der Waals surface area contributed by atoms with E-state index in [1.165, 1.54) is 0 Å². The van der Waals surface area contributed by atoms with Crippen LogP contribution in [0.15, 0.2) is 48.5 Å². The van der Waals surface area contributed by atoms with E-state index in [0.29, 0.717) is 11.4 Å². The molecule has 0 aliphatic carbocycles. The molecule has 0 radical (unpaired) electrons. The molecule has 0 heterocycles. The van der Waals surface area contributed by atoms with Crippen LogP contribution in [-0.2, 0) is 16.0 Å². The number of carboxylic acid groups (broad SMARTS) is 1. The lowest BCUT2D eigenvalue weighted by Crippen LogP contribution is -2.40. The Kier molecular flexibility index (Phi) is 6.81. The number of hydrogen-bond acceptors (Lipinski definition) is 4. The topological polar surface area (TPSA) is 78.5 Å². The van der Waals surface area contributed by atoms with Gasteiger partial charge in [-0.3, -0.25) is 4.79 Å². The predicted octanol–water partition coefficient (Wildman–Crippen LogP) is 2.48. The number of rotatable bonds is 7. The number of aliphatic carboxylic acids is 1. The van der Waals surface area contributed by atoms with Gasteiger partial charge in [-0.2, -0.15) is 0 Å². The maximum absolute atomic E-state index is 12.4. The fraction of sp³-hybridized carbons (Fsp3) is 0.263. The van der Waals surface area contributed by atoms with Crippen LogP contribution in [0.4, 0.5) is 5.69 Å². The monoisotopic (exact) mass is 452 g/mol. The van der Waals surface area contributed by atoms with Gasteiger partial charge in [-0.05, 0) is 71.0 Å². The number of anilines is 1. The zero-order valence-corrected chi connectivity index (χ0v) is 16.1. The number of nitrogens with one attached hydrogen (secondary N) is 1. The molecule has 0 saturated heterocycles. The van der Waals surface area contributed by atoms with Gasteiger partial charge in [0.05, 0.1) is 7.11 Å². The molecular formula is C19H19INO4-. The Balaban J connectivity index is 2.07. The van der Waals surface area contributed by atoms with Gasteiger partial charge in [0.1, 0.15) is 5.75 Å². The highest BCUT2D eigenvalue weighted by Gasteiger charge is 2.25. The first-order valence-electron chi connectivity index (χ1n) is 7.81. The first-order chi connectivity index (χ1) is 11.9. The van der Waals surface area contributed by atoms with Crippen LogP contribution in [0, 0.1) is 15.4 Å². The number of carbonyl (C=O) groups is 2. The first-order valence-corrected chi connectivity index (χ1v) is 8.89. The highest BCUT2D eigenvalue weighted by molar-refractivity contribution is 14.1. The maximum Gasteiger partial charge on any atom is 0.227 e. The summed E-state index contributed by atoms with van der Waals surface area (Å²) in [6.07, 6.45) is 0.216. The van der Waals surface area contributed by atoms with E-state index in [1.807, 2.05) is 12.1 Å². The predicted molar refractivity (Wildman–Crippen MR) is 102 cm³/mol. The lowest BCUT2D eigenvalue weighted by Gasteiger charge is -2.24. The van der Waals surface area contributed by atoms with Crippen molar-refractivity contribution in [1.29, 1.82) is 0 Å². The third kappa shape index (κ3) is 5.45. The number of benzene rings is 2. The fourth-order valence-electron chi connectivity index (χ4n) is 2.45. The fourth-order valence-corrected chi connectivity index (χ4v) is 2.81. The Labute approximate surface area is 160 Å². The molecular weight excluding hydrogens is 433 g/mol. The van der Waals surface area contributed by atoms with Crippen LogP contribution in [0.1, 0.15) is 12.5 Å². The third-order valence-electron chi connectivity index (χ3n) is 4.05. The molecule has 25 heavy (non-hydrogen) atoms. The molecule has 2 rings (SSSR count). The minimum Gasteiger partial charge on any atom is -0.550 e. The molecule has 0 saturated carbocycles. The van der Waals surface area contributed by atoms with E-state index in [4.69, 9.17) is 4.74 Å². The highest BCUT2D eigenvalue weighted by atomic mass is 127. The van der Waals surface area contributed by atoms with Gasteiger partial charge >= 0.3 is 0 Å². The van der Waals surface area contributed by atoms with Crippen LogP contribution in [0.2, 0.25) is 0 Å². The van der Waals surface area contributed by atoms with Crippen molar-refractivity contribution in [3.8, 4) is 5.75 Å². The Morgan fingerprint density at radius 2 is 1.72 bits per heavy atom.